The molecule has 0 radical (unpaired) electrons. The summed E-state index contributed by atoms with van der Waals surface area (Å²) in [5.74, 6) is 0. The molecule has 0 atom stereocenters. The van der Waals surface area contributed by atoms with Crippen molar-refractivity contribution in [2.45, 2.75) is 13.1 Å². The zero-order valence-corrected chi connectivity index (χ0v) is 19.6. The fourth-order valence-electron chi connectivity index (χ4n) is 4.18. The minimum absolute atomic E-state index is 0.719. The lowest BCUT2D eigenvalue weighted by molar-refractivity contribution is 0.688. The molecule has 6 rings (SSSR count). The van der Waals surface area contributed by atoms with Crippen LogP contribution in [0.1, 0.15) is 11.1 Å². The molecule has 0 saturated heterocycles. The van der Waals surface area contributed by atoms with Gasteiger partial charge in [0.25, 0.3) is 0 Å². The van der Waals surface area contributed by atoms with Gasteiger partial charge in [-0.15, -0.1) is 0 Å². The normalized spacial score (nSPS) is 11.0. The summed E-state index contributed by atoms with van der Waals surface area (Å²) in [7, 11) is 0. The second kappa shape index (κ2) is 9.80. The Balaban J connectivity index is 1.10. The molecule has 4 heterocycles. The molecule has 0 bridgehead atoms. The molecule has 0 N–H and O–H groups in total. The van der Waals surface area contributed by atoms with Gasteiger partial charge in [0.05, 0.1) is 24.5 Å². The van der Waals surface area contributed by atoms with Crippen molar-refractivity contribution in [3.8, 4) is 33.9 Å². The van der Waals surface area contributed by atoms with Crippen LogP contribution in [0.4, 0.5) is 0 Å². The molecule has 0 aliphatic heterocycles. The minimum Gasteiger partial charge on any atom is -0.268 e. The maximum absolute atomic E-state index is 4.66. The van der Waals surface area contributed by atoms with Crippen LogP contribution in [-0.4, -0.2) is 29.5 Å². The van der Waals surface area contributed by atoms with Crippen molar-refractivity contribution in [2.75, 3.05) is 0 Å². The van der Waals surface area contributed by atoms with E-state index in [-0.39, 0.29) is 0 Å². The standard InChI is InChI=1S/C30H24N6/c1-3-17-31-27(5-1)29-15-19-35(33-29)21-23-7-11-25(12-8-23)26-13-9-24(10-14-26)22-36-20-16-30(34-36)28-6-2-4-18-32-28/h1-20H,21-22H2. The second-order valence-corrected chi connectivity index (χ2v) is 8.62. The summed E-state index contributed by atoms with van der Waals surface area (Å²) in [5, 5.41) is 9.33. The van der Waals surface area contributed by atoms with Gasteiger partial charge in [0.15, 0.2) is 0 Å². The van der Waals surface area contributed by atoms with Crippen LogP contribution in [0, 0.1) is 0 Å². The van der Waals surface area contributed by atoms with Crippen molar-refractivity contribution in [1.82, 2.24) is 29.5 Å². The van der Waals surface area contributed by atoms with E-state index in [0.717, 1.165) is 35.9 Å². The summed E-state index contributed by atoms with van der Waals surface area (Å²) in [5.41, 5.74) is 8.33. The van der Waals surface area contributed by atoms with Gasteiger partial charge in [0.1, 0.15) is 11.4 Å². The molecule has 0 saturated carbocycles. The van der Waals surface area contributed by atoms with Crippen molar-refractivity contribution in [3.05, 3.63) is 133 Å². The van der Waals surface area contributed by atoms with Crippen LogP contribution in [0.5, 0.6) is 0 Å². The number of nitrogens with zero attached hydrogens (tertiary/aromatic N) is 6. The van der Waals surface area contributed by atoms with Crippen molar-refractivity contribution in [2.24, 2.45) is 0 Å². The lowest BCUT2D eigenvalue weighted by atomic mass is 10.0. The third-order valence-electron chi connectivity index (χ3n) is 6.07. The fourth-order valence-corrected chi connectivity index (χ4v) is 4.18. The first-order valence-electron chi connectivity index (χ1n) is 11.9. The number of pyridine rings is 2. The molecule has 6 nitrogen and oxygen atoms in total. The van der Waals surface area contributed by atoms with Crippen LogP contribution < -0.4 is 0 Å². The second-order valence-electron chi connectivity index (χ2n) is 8.62. The number of aromatic nitrogens is 6. The van der Waals surface area contributed by atoms with E-state index in [1.54, 1.807) is 12.4 Å². The minimum atomic E-state index is 0.719. The van der Waals surface area contributed by atoms with Gasteiger partial charge < -0.3 is 0 Å². The Morgan fingerprint density at radius 3 is 1.28 bits per heavy atom. The SMILES string of the molecule is c1ccc(-c2ccn(Cc3ccc(-c4ccc(Cn5ccc(-c6ccccn6)n5)cc4)cc3)n2)nc1. The molecule has 0 aliphatic rings. The molecule has 0 aliphatic carbocycles. The third-order valence-corrected chi connectivity index (χ3v) is 6.07. The Morgan fingerprint density at radius 2 is 0.889 bits per heavy atom. The van der Waals surface area contributed by atoms with Gasteiger partial charge in [0, 0.05) is 24.8 Å². The first-order chi connectivity index (χ1) is 17.8. The van der Waals surface area contributed by atoms with Crippen LogP contribution >= 0.6 is 0 Å². The quantitative estimate of drug-likeness (QED) is 0.290. The average Bonchev–Trinajstić information content (AvgIpc) is 3.61. The molecule has 6 aromatic rings. The Labute approximate surface area is 209 Å². The first kappa shape index (κ1) is 21.7. The monoisotopic (exact) mass is 468 g/mol. The van der Waals surface area contributed by atoms with Gasteiger partial charge in [-0.3, -0.25) is 19.3 Å². The summed E-state index contributed by atoms with van der Waals surface area (Å²) < 4.78 is 3.89. The summed E-state index contributed by atoms with van der Waals surface area (Å²) in [6.45, 7) is 1.44. The maximum atomic E-state index is 4.66. The summed E-state index contributed by atoms with van der Waals surface area (Å²) >= 11 is 0. The molecule has 4 aromatic heterocycles. The Kier molecular flexibility index (Phi) is 5.90. The highest BCUT2D eigenvalue weighted by molar-refractivity contribution is 5.64. The Bertz CT molecular complexity index is 1430. The molecule has 0 fully saturated rings. The van der Waals surface area contributed by atoms with Gasteiger partial charge in [0.2, 0.25) is 0 Å². The number of benzene rings is 2. The summed E-state index contributed by atoms with van der Waals surface area (Å²) in [6, 6.07) is 33.0. The molecule has 36 heavy (non-hydrogen) atoms. The van der Waals surface area contributed by atoms with Crippen LogP contribution in [-0.2, 0) is 13.1 Å². The van der Waals surface area contributed by atoms with E-state index >= 15 is 0 Å². The number of hydrogen-bond acceptors (Lipinski definition) is 4. The predicted molar refractivity (Wildman–Crippen MR) is 141 cm³/mol. The van der Waals surface area contributed by atoms with E-state index in [1.165, 1.54) is 22.3 Å². The van der Waals surface area contributed by atoms with Crippen molar-refractivity contribution in [3.63, 3.8) is 0 Å². The van der Waals surface area contributed by atoms with Crippen LogP contribution in [0.15, 0.2) is 122 Å². The molecule has 6 heteroatoms. The van der Waals surface area contributed by atoms with Crippen molar-refractivity contribution < 1.29 is 0 Å². The highest BCUT2D eigenvalue weighted by atomic mass is 15.3. The van der Waals surface area contributed by atoms with Gasteiger partial charge >= 0.3 is 0 Å². The number of rotatable bonds is 7. The molecular formula is C30H24N6. The largest absolute Gasteiger partial charge is 0.268 e. The van der Waals surface area contributed by atoms with E-state index in [1.807, 2.05) is 70.3 Å². The predicted octanol–water partition coefficient (Wildman–Crippen LogP) is 5.97. The Hall–Kier alpha value is -4.84. The van der Waals surface area contributed by atoms with Crippen LogP contribution in [0.3, 0.4) is 0 Å². The third kappa shape index (κ3) is 4.83. The maximum Gasteiger partial charge on any atom is 0.111 e. The molecule has 174 valence electrons. The summed E-state index contributed by atoms with van der Waals surface area (Å²) in [6.07, 6.45) is 7.57. The van der Waals surface area contributed by atoms with Crippen LogP contribution in [0.25, 0.3) is 33.9 Å². The zero-order valence-electron chi connectivity index (χ0n) is 19.6. The van der Waals surface area contributed by atoms with Gasteiger partial charge in [-0.25, -0.2) is 0 Å². The Morgan fingerprint density at radius 1 is 0.444 bits per heavy atom. The van der Waals surface area contributed by atoms with E-state index in [0.29, 0.717) is 0 Å². The lowest BCUT2D eigenvalue weighted by Crippen LogP contribution is -2.01. The fraction of sp³-hybridized carbons (Fsp3) is 0.0667. The number of hydrogen-bond donors (Lipinski definition) is 0. The molecule has 2 aromatic carbocycles. The highest BCUT2D eigenvalue weighted by Gasteiger charge is 2.06. The molecule has 0 amide bonds. The van der Waals surface area contributed by atoms with Gasteiger partial charge in [-0.2, -0.15) is 10.2 Å². The average molecular weight is 469 g/mol. The van der Waals surface area contributed by atoms with E-state index in [2.05, 4.69) is 68.7 Å². The molecular weight excluding hydrogens is 444 g/mol. The molecule has 0 unspecified atom stereocenters. The first-order valence-corrected chi connectivity index (χ1v) is 11.9. The van der Waals surface area contributed by atoms with E-state index < -0.39 is 0 Å². The van der Waals surface area contributed by atoms with E-state index in [4.69, 9.17) is 0 Å². The van der Waals surface area contributed by atoms with E-state index in [9.17, 15) is 0 Å². The topological polar surface area (TPSA) is 61.4 Å². The summed E-state index contributed by atoms with van der Waals surface area (Å²) in [4.78, 5) is 8.75. The smallest absolute Gasteiger partial charge is 0.111 e. The zero-order chi connectivity index (χ0) is 24.2. The lowest BCUT2D eigenvalue weighted by Gasteiger charge is -2.07. The van der Waals surface area contributed by atoms with Gasteiger partial charge in [-0.1, -0.05) is 60.7 Å². The van der Waals surface area contributed by atoms with Crippen molar-refractivity contribution in [1.29, 1.82) is 0 Å². The molecule has 0 spiro atoms. The van der Waals surface area contributed by atoms with Crippen LogP contribution in [0.2, 0.25) is 0 Å². The van der Waals surface area contributed by atoms with Crippen molar-refractivity contribution >= 4 is 0 Å². The van der Waals surface area contributed by atoms with Gasteiger partial charge in [-0.05, 0) is 58.7 Å². The highest BCUT2D eigenvalue weighted by Crippen LogP contribution is 2.22.